The second kappa shape index (κ2) is 18.6. The van der Waals surface area contributed by atoms with E-state index in [1.807, 2.05) is 92.6 Å². The zero-order valence-corrected chi connectivity index (χ0v) is 37.6. The first-order valence-electron chi connectivity index (χ1n) is 20.9. The Labute approximate surface area is 351 Å². The average Bonchev–Trinajstić information content (AvgIpc) is 3.19. The van der Waals surface area contributed by atoms with Gasteiger partial charge < -0.3 is 48.6 Å². The van der Waals surface area contributed by atoms with E-state index >= 15 is 0 Å². The van der Waals surface area contributed by atoms with Crippen molar-refractivity contribution in [2.75, 3.05) is 33.2 Å². The summed E-state index contributed by atoms with van der Waals surface area (Å²) in [6, 6.07) is 13.3. The SMILES string of the molecule is CC[C@@H](O)[C@@](C)(O)[C@@H]1O[C@H](c2c(C)cc(C)cc2C)O[C@@H]([C@H](C)C[C@@](C)(O)[C@@H]2OC(c3ccc(OC)c(OC)c3)O[C@H]([C@@H](C)C(=O)[n+]3ccc(N(C)C)cc3)[C@@H]2C)[C@@H]1C. The average molecular weight is 822 g/mol. The standard InChI is InChI=1S/C47H69N2O10/c1-15-37(50)47(10,53)42-30(6)39(56-45(59-42)38-27(3)22-26(2)23-28(38)4)29(5)25-46(9,52)41-31(7)40(32(8)43(51)49-20-18-34(19-21-49)48(11)12)57-44(58-41)33-16-17-35(54-13)36(24-33)55-14/h16-24,29-32,37,39-42,44-45,50,52-53H,15,25H2,1-14H3/q+1/t29-,30+,31+,32-,37-,39+,40+,41-,42-,44?,45-,46-,47-/m1/s1. The Balaban J connectivity index is 1.50. The number of hydrogen-bond acceptors (Lipinski definition) is 11. The molecule has 0 aliphatic carbocycles. The number of rotatable bonds is 14. The molecule has 3 N–H and O–H groups in total. The fraction of sp³-hybridized carbons (Fsp3) is 0.617. The predicted octanol–water partition coefficient (Wildman–Crippen LogP) is 6.80. The van der Waals surface area contributed by atoms with Crippen LogP contribution in [0.5, 0.6) is 11.5 Å². The lowest BCUT2D eigenvalue weighted by Gasteiger charge is -2.51. The Bertz CT molecular complexity index is 1870. The molecule has 0 amide bonds. The highest BCUT2D eigenvalue weighted by molar-refractivity contribution is 5.70. The van der Waals surface area contributed by atoms with E-state index in [2.05, 4.69) is 12.1 Å². The number of pyridine rings is 1. The number of carbonyl (C=O) groups is 1. The van der Waals surface area contributed by atoms with E-state index in [1.165, 1.54) is 0 Å². The minimum absolute atomic E-state index is 0.156. The first kappa shape index (κ1) is 46.4. The normalized spacial score (nSPS) is 28.4. The molecule has 2 aliphatic heterocycles. The highest BCUT2D eigenvalue weighted by Gasteiger charge is 2.54. The molecule has 12 heteroatoms. The van der Waals surface area contributed by atoms with Gasteiger partial charge in [0.25, 0.3) is 0 Å². The Kier molecular flexibility index (Phi) is 14.6. The van der Waals surface area contributed by atoms with Gasteiger partial charge in [0.15, 0.2) is 36.5 Å². The molecule has 0 spiro atoms. The summed E-state index contributed by atoms with van der Waals surface area (Å²) in [5.41, 5.74) is 2.55. The molecule has 13 atom stereocenters. The van der Waals surface area contributed by atoms with E-state index < -0.39 is 66.1 Å². The van der Waals surface area contributed by atoms with Gasteiger partial charge in [0.05, 0.1) is 50.3 Å². The van der Waals surface area contributed by atoms with E-state index in [0.29, 0.717) is 23.5 Å². The minimum atomic E-state index is -1.59. The van der Waals surface area contributed by atoms with Crippen molar-refractivity contribution in [3.8, 4) is 11.5 Å². The fourth-order valence-electron chi connectivity index (χ4n) is 9.65. The van der Waals surface area contributed by atoms with Crippen molar-refractivity contribution < 1.29 is 53.1 Å². The summed E-state index contributed by atoms with van der Waals surface area (Å²) in [4.78, 5) is 16.1. The van der Waals surface area contributed by atoms with Crippen LogP contribution >= 0.6 is 0 Å². The number of benzene rings is 2. The molecule has 59 heavy (non-hydrogen) atoms. The van der Waals surface area contributed by atoms with Crippen LogP contribution in [-0.4, -0.2) is 91.3 Å². The quantitative estimate of drug-likeness (QED) is 0.148. The number of aryl methyl sites for hydroxylation is 3. The summed E-state index contributed by atoms with van der Waals surface area (Å²) in [6.07, 6.45) is -1.49. The van der Waals surface area contributed by atoms with Gasteiger partial charge in [0.2, 0.25) is 0 Å². The van der Waals surface area contributed by atoms with Crippen LogP contribution in [0.15, 0.2) is 54.9 Å². The third-order valence-corrected chi connectivity index (χ3v) is 12.8. The number of hydrogen-bond donors (Lipinski definition) is 3. The lowest BCUT2D eigenvalue weighted by atomic mass is 9.73. The fourth-order valence-corrected chi connectivity index (χ4v) is 9.65. The second-order valence-electron chi connectivity index (χ2n) is 17.8. The minimum Gasteiger partial charge on any atom is -0.493 e. The third-order valence-electron chi connectivity index (χ3n) is 12.8. The third kappa shape index (κ3) is 9.64. The lowest BCUT2D eigenvalue weighted by molar-refractivity contribution is -0.578. The van der Waals surface area contributed by atoms with Crippen molar-refractivity contribution >= 4 is 11.6 Å². The molecule has 3 aromatic rings. The van der Waals surface area contributed by atoms with Gasteiger partial charge in [-0.05, 0) is 83.6 Å². The van der Waals surface area contributed by atoms with Crippen LogP contribution in [0.3, 0.4) is 0 Å². The summed E-state index contributed by atoms with van der Waals surface area (Å²) in [6.45, 7) is 19.1. The predicted molar refractivity (Wildman–Crippen MR) is 226 cm³/mol. The van der Waals surface area contributed by atoms with E-state index in [-0.39, 0.29) is 24.2 Å². The summed E-state index contributed by atoms with van der Waals surface area (Å²) >= 11 is 0. The summed E-state index contributed by atoms with van der Waals surface area (Å²) < 4.78 is 39.7. The molecule has 5 rings (SSSR count). The number of aromatic nitrogens is 1. The van der Waals surface area contributed by atoms with Gasteiger partial charge in [0.1, 0.15) is 11.5 Å². The summed E-state index contributed by atoms with van der Waals surface area (Å²) in [7, 11) is 7.01. The van der Waals surface area contributed by atoms with Crippen LogP contribution in [0.25, 0.3) is 0 Å². The number of aliphatic hydroxyl groups is 3. The van der Waals surface area contributed by atoms with Crippen LogP contribution in [-0.2, 0) is 18.9 Å². The molecule has 3 heterocycles. The van der Waals surface area contributed by atoms with Gasteiger partial charge in [-0.1, -0.05) is 51.5 Å². The molecule has 0 saturated carbocycles. The molecule has 0 bridgehead atoms. The number of nitrogens with zero attached hydrogens (tertiary/aromatic N) is 2. The molecule has 0 radical (unpaired) electrons. The molecule has 2 fully saturated rings. The van der Waals surface area contributed by atoms with Gasteiger partial charge in [-0.2, -0.15) is 0 Å². The lowest BCUT2D eigenvalue weighted by Crippen LogP contribution is -2.61. The second-order valence-corrected chi connectivity index (χ2v) is 17.8. The molecule has 2 saturated heterocycles. The zero-order valence-electron chi connectivity index (χ0n) is 37.6. The zero-order chi connectivity index (χ0) is 43.7. The van der Waals surface area contributed by atoms with Crippen LogP contribution < -0.4 is 18.9 Å². The Morgan fingerprint density at radius 1 is 0.831 bits per heavy atom. The first-order chi connectivity index (χ1) is 27.7. The number of aliphatic hydroxyl groups excluding tert-OH is 1. The van der Waals surface area contributed by atoms with Gasteiger partial charge in [0, 0.05) is 54.9 Å². The van der Waals surface area contributed by atoms with Crippen molar-refractivity contribution in [2.24, 2.45) is 23.7 Å². The highest BCUT2D eigenvalue weighted by atomic mass is 16.7. The van der Waals surface area contributed by atoms with E-state index in [0.717, 1.165) is 27.9 Å². The van der Waals surface area contributed by atoms with E-state index in [9.17, 15) is 20.1 Å². The molecule has 326 valence electrons. The van der Waals surface area contributed by atoms with Crippen molar-refractivity contribution in [3.63, 3.8) is 0 Å². The highest BCUT2D eigenvalue weighted by Crippen LogP contribution is 2.47. The van der Waals surface area contributed by atoms with E-state index in [4.69, 9.17) is 28.4 Å². The summed E-state index contributed by atoms with van der Waals surface area (Å²) in [5.74, 6) is -0.875. The number of anilines is 1. The number of carbonyl (C=O) groups excluding carboxylic acids is 1. The van der Waals surface area contributed by atoms with Crippen LogP contribution in [0.1, 0.15) is 106 Å². The summed E-state index contributed by atoms with van der Waals surface area (Å²) in [5, 5.41) is 35.7. The molecule has 2 aliphatic rings. The maximum Gasteiger partial charge on any atom is 0.397 e. The molecule has 1 unspecified atom stereocenters. The van der Waals surface area contributed by atoms with Gasteiger partial charge in [-0.25, -0.2) is 4.79 Å². The maximum atomic E-state index is 14.1. The van der Waals surface area contributed by atoms with Crippen LogP contribution in [0.4, 0.5) is 5.69 Å². The van der Waals surface area contributed by atoms with Crippen molar-refractivity contribution in [3.05, 3.63) is 82.7 Å². The van der Waals surface area contributed by atoms with Crippen molar-refractivity contribution in [1.82, 2.24) is 0 Å². The molecular formula is C47H69N2O10+. The molecule has 2 aromatic carbocycles. The van der Waals surface area contributed by atoms with Crippen molar-refractivity contribution in [1.29, 1.82) is 0 Å². The van der Waals surface area contributed by atoms with E-state index in [1.54, 1.807) is 57.2 Å². The Hall–Kier alpha value is -3.62. The van der Waals surface area contributed by atoms with Gasteiger partial charge >= 0.3 is 5.91 Å². The number of methoxy groups -OCH3 is 2. The molecular weight excluding hydrogens is 753 g/mol. The van der Waals surface area contributed by atoms with Gasteiger partial charge in [-0.3, -0.25) is 0 Å². The number of ether oxygens (including phenoxy) is 6. The first-order valence-corrected chi connectivity index (χ1v) is 20.9. The Morgan fingerprint density at radius 3 is 1.95 bits per heavy atom. The largest absolute Gasteiger partial charge is 0.493 e. The maximum absolute atomic E-state index is 14.1. The smallest absolute Gasteiger partial charge is 0.397 e. The van der Waals surface area contributed by atoms with Crippen LogP contribution in [0, 0.1) is 44.4 Å². The molecule has 12 nitrogen and oxygen atoms in total. The van der Waals surface area contributed by atoms with Gasteiger partial charge in [-0.15, -0.1) is 4.57 Å². The van der Waals surface area contributed by atoms with Crippen LogP contribution in [0.2, 0.25) is 0 Å². The van der Waals surface area contributed by atoms with Crippen molar-refractivity contribution in [2.45, 2.75) is 136 Å². The molecule has 1 aromatic heterocycles. The Morgan fingerprint density at radius 2 is 1.39 bits per heavy atom. The monoisotopic (exact) mass is 821 g/mol. The topological polar surface area (TPSA) is 140 Å².